The lowest BCUT2D eigenvalue weighted by atomic mass is 10.1. The van der Waals surface area contributed by atoms with Gasteiger partial charge < -0.3 is 10.2 Å². The molecular weight excluding hydrogens is 462 g/mol. The van der Waals surface area contributed by atoms with Crippen LogP contribution in [0.4, 0.5) is 5.13 Å². The number of nitrogens with zero attached hydrogens (tertiary/aromatic N) is 4. The highest BCUT2D eigenvalue weighted by molar-refractivity contribution is 7.89. The van der Waals surface area contributed by atoms with Gasteiger partial charge in [0.05, 0.1) is 33.3 Å². The molecule has 9 nitrogen and oxygen atoms in total. The van der Waals surface area contributed by atoms with Crippen LogP contribution in [0.5, 0.6) is 0 Å². The van der Waals surface area contributed by atoms with Gasteiger partial charge >= 0.3 is 0 Å². The molecule has 0 spiro atoms. The van der Waals surface area contributed by atoms with Crippen LogP contribution in [0.1, 0.15) is 25.0 Å². The predicted molar refractivity (Wildman–Crippen MR) is 124 cm³/mol. The molecule has 172 valence electrons. The molecule has 2 aliphatic rings. The fraction of sp³-hybridized carbons (Fsp3) is 0.364. The highest BCUT2D eigenvalue weighted by Crippen LogP contribution is 2.31. The van der Waals surface area contributed by atoms with Gasteiger partial charge in [-0.15, -0.1) is 0 Å². The number of anilines is 1. The molecule has 2 aromatic heterocycles. The largest absolute Gasteiger partial charge is 0.336 e. The van der Waals surface area contributed by atoms with Crippen LogP contribution < -0.4 is 5.32 Å². The molecular formula is C22H23N5O4S2. The molecule has 2 aliphatic heterocycles. The molecule has 0 bridgehead atoms. The van der Waals surface area contributed by atoms with E-state index in [0.29, 0.717) is 41.5 Å². The summed E-state index contributed by atoms with van der Waals surface area (Å²) in [5, 5.41) is 3.20. The van der Waals surface area contributed by atoms with Crippen molar-refractivity contribution in [2.24, 2.45) is 5.92 Å². The van der Waals surface area contributed by atoms with Crippen LogP contribution in [-0.4, -0.2) is 59.0 Å². The molecule has 2 amide bonds. The first-order chi connectivity index (χ1) is 15.9. The van der Waals surface area contributed by atoms with E-state index in [2.05, 4.69) is 15.3 Å². The molecule has 0 aliphatic carbocycles. The van der Waals surface area contributed by atoms with Crippen LogP contribution in [0.3, 0.4) is 0 Å². The van der Waals surface area contributed by atoms with E-state index in [1.165, 1.54) is 15.6 Å². The maximum atomic E-state index is 12.8. The molecule has 0 radical (unpaired) electrons. The Kier molecular flexibility index (Phi) is 5.85. The number of fused-ring (bicyclic) bond motifs is 1. The maximum Gasteiger partial charge on any atom is 0.243 e. The number of hydrogen-bond acceptors (Lipinski definition) is 7. The quantitative estimate of drug-likeness (QED) is 0.574. The minimum Gasteiger partial charge on any atom is -0.336 e. The smallest absolute Gasteiger partial charge is 0.243 e. The summed E-state index contributed by atoms with van der Waals surface area (Å²) >= 11 is 1.23. The zero-order chi connectivity index (χ0) is 23.0. The highest BCUT2D eigenvalue weighted by atomic mass is 32.2. The van der Waals surface area contributed by atoms with Crippen LogP contribution in [0.15, 0.2) is 47.5 Å². The average molecular weight is 486 g/mol. The molecule has 1 N–H and O–H groups in total. The van der Waals surface area contributed by atoms with Gasteiger partial charge in [0.1, 0.15) is 0 Å². The Morgan fingerprint density at radius 1 is 1.18 bits per heavy atom. The SMILES string of the molecule is O=C(Nc1nc2ccc(S(=O)(=O)N3CCCC3)cc2s1)C1CC(=O)N(Cc2ccccn2)C1. The van der Waals surface area contributed by atoms with Crippen molar-refractivity contribution in [1.82, 2.24) is 19.2 Å². The van der Waals surface area contributed by atoms with Crippen molar-refractivity contribution in [2.45, 2.75) is 30.7 Å². The second kappa shape index (κ2) is 8.81. The molecule has 4 heterocycles. The van der Waals surface area contributed by atoms with E-state index in [-0.39, 0.29) is 23.1 Å². The number of carbonyl (C=O) groups excluding carboxylic acids is 2. The summed E-state index contributed by atoms with van der Waals surface area (Å²) in [6.45, 7) is 1.78. The molecule has 1 atom stereocenters. The van der Waals surface area contributed by atoms with E-state index >= 15 is 0 Å². The van der Waals surface area contributed by atoms with Crippen LogP contribution >= 0.6 is 11.3 Å². The Morgan fingerprint density at radius 3 is 2.76 bits per heavy atom. The second-order valence-corrected chi connectivity index (χ2v) is 11.2. The molecule has 1 unspecified atom stereocenters. The zero-order valence-electron chi connectivity index (χ0n) is 17.8. The lowest BCUT2D eigenvalue weighted by Crippen LogP contribution is -2.28. The molecule has 0 saturated carbocycles. The molecule has 33 heavy (non-hydrogen) atoms. The third-order valence-electron chi connectivity index (χ3n) is 5.96. The number of sulfonamides is 1. The first-order valence-electron chi connectivity index (χ1n) is 10.8. The normalized spacial score (nSPS) is 19.5. The van der Waals surface area contributed by atoms with Gasteiger partial charge in [-0.3, -0.25) is 14.6 Å². The van der Waals surface area contributed by atoms with Gasteiger partial charge in [-0.05, 0) is 43.2 Å². The number of amides is 2. The van der Waals surface area contributed by atoms with Gasteiger partial charge in [-0.1, -0.05) is 17.4 Å². The van der Waals surface area contributed by atoms with E-state index in [4.69, 9.17) is 0 Å². The Hall–Kier alpha value is -2.89. The van der Waals surface area contributed by atoms with Gasteiger partial charge in [0, 0.05) is 32.3 Å². The summed E-state index contributed by atoms with van der Waals surface area (Å²) in [6, 6.07) is 10.4. The zero-order valence-corrected chi connectivity index (χ0v) is 19.4. The summed E-state index contributed by atoms with van der Waals surface area (Å²) < 4.78 is 27.8. The number of hydrogen-bond donors (Lipinski definition) is 1. The van der Waals surface area contributed by atoms with Crippen molar-refractivity contribution in [1.29, 1.82) is 0 Å². The van der Waals surface area contributed by atoms with Crippen molar-refractivity contribution in [3.8, 4) is 0 Å². The minimum atomic E-state index is -3.52. The van der Waals surface area contributed by atoms with Crippen LogP contribution in [0.25, 0.3) is 10.2 Å². The summed E-state index contributed by atoms with van der Waals surface area (Å²) in [4.78, 5) is 35.7. The van der Waals surface area contributed by atoms with Crippen LogP contribution in [0.2, 0.25) is 0 Å². The predicted octanol–water partition coefficient (Wildman–Crippen LogP) is 2.46. The fourth-order valence-electron chi connectivity index (χ4n) is 4.19. The number of pyridine rings is 1. The third kappa shape index (κ3) is 4.48. The first kappa shape index (κ1) is 21.9. The molecule has 5 rings (SSSR count). The molecule has 2 fully saturated rings. The standard InChI is InChI=1S/C22H23N5O4S2/c28-20-11-15(13-26(20)14-16-5-1-2-8-23-16)21(29)25-22-24-18-7-6-17(12-19(18)32-22)33(30,31)27-9-3-4-10-27/h1-2,5-8,12,15H,3-4,9-11,13-14H2,(H,24,25,29). The molecule has 1 aromatic carbocycles. The fourth-order valence-corrected chi connectivity index (χ4v) is 6.72. The summed E-state index contributed by atoms with van der Waals surface area (Å²) in [5.41, 5.74) is 1.40. The van der Waals surface area contributed by atoms with E-state index < -0.39 is 15.9 Å². The summed E-state index contributed by atoms with van der Waals surface area (Å²) in [6.07, 6.45) is 3.57. The van der Waals surface area contributed by atoms with Crippen LogP contribution in [-0.2, 0) is 26.2 Å². The summed E-state index contributed by atoms with van der Waals surface area (Å²) in [5.74, 6) is -0.822. The van der Waals surface area contributed by atoms with E-state index in [0.717, 1.165) is 18.5 Å². The number of benzene rings is 1. The average Bonchev–Trinajstić information content (AvgIpc) is 3.54. The Labute approximate surface area is 195 Å². The number of aromatic nitrogens is 2. The van der Waals surface area contributed by atoms with Crippen molar-refractivity contribution in [2.75, 3.05) is 25.0 Å². The van der Waals surface area contributed by atoms with Gasteiger partial charge in [0.2, 0.25) is 21.8 Å². The molecule has 2 saturated heterocycles. The number of nitrogens with one attached hydrogen (secondary N) is 1. The third-order valence-corrected chi connectivity index (χ3v) is 8.79. The van der Waals surface area contributed by atoms with Gasteiger partial charge in [0.25, 0.3) is 0 Å². The monoisotopic (exact) mass is 485 g/mol. The Bertz CT molecular complexity index is 1300. The lowest BCUT2D eigenvalue weighted by Gasteiger charge is -2.15. The number of thiazole rings is 1. The Balaban J connectivity index is 1.27. The van der Waals surface area contributed by atoms with Crippen molar-refractivity contribution in [3.05, 3.63) is 48.3 Å². The van der Waals surface area contributed by atoms with Crippen molar-refractivity contribution in [3.63, 3.8) is 0 Å². The Morgan fingerprint density at radius 2 is 2.00 bits per heavy atom. The minimum absolute atomic E-state index is 0.0816. The lowest BCUT2D eigenvalue weighted by molar-refractivity contribution is -0.128. The highest BCUT2D eigenvalue weighted by Gasteiger charge is 2.35. The van der Waals surface area contributed by atoms with Gasteiger partial charge in [0.15, 0.2) is 5.13 Å². The first-order valence-corrected chi connectivity index (χ1v) is 13.0. The maximum absolute atomic E-state index is 12.8. The van der Waals surface area contributed by atoms with Crippen molar-refractivity contribution < 1.29 is 18.0 Å². The number of carbonyl (C=O) groups is 2. The summed E-state index contributed by atoms with van der Waals surface area (Å²) in [7, 11) is -3.52. The van der Waals surface area contributed by atoms with E-state index in [1.807, 2.05) is 18.2 Å². The van der Waals surface area contributed by atoms with E-state index in [1.54, 1.807) is 29.3 Å². The topological polar surface area (TPSA) is 113 Å². The number of rotatable bonds is 6. The molecule has 11 heteroatoms. The van der Waals surface area contributed by atoms with E-state index in [9.17, 15) is 18.0 Å². The van der Waals surface area contributed by atoms with Crippen LogP contribution in [0, 0.1) is 5.92 Å². The molecule has 3 aromatic rings. The van der Waals surface area contributed by atoms with Gasteiger partial charge in [-0.25, -0.2) is 13.4 Å². The second-order valence-electron chi connectivity index (χ2n) is 8.25. The number of likely N-dealkylation sites (tertiary alicyclic amines) is 1. The van der Waals surface area contributed by atoms with Gasteiger partial charge in [-0.2, -0.15) is 4.31 Å². The van der Waals surface area contributed by atoms with Crippen molar-refractivity contribution >= 4 is 48.5 Å².